The minimum Gasteiger partial charge on any atom is -0.497 e. The Hall–Kier alpha value is -5.62. The van der Waals surface area contributed by atoms with Gasteiger partial charge in [-0.15, -0.1) is 0 Å². The summed E-state index contributed by atoms with van der Waals surface area (Å²) < 4.78 is 39.7. The summed E-state index contributed by atoms with van der Waals surface area (Å²) in [6, 6.07) is 25.1. The average Bonchev–Trinajstić information content (AvgIpc) is 3.82. The van der Waals surface area contributed by atoms with Crippen molar-refractivity contribution in [3.63, 3.8) is 0 Å². The molecule has 2 fully saturated rings. The molecular weight excluding hydrogens is 750 g/mol. The first-order chi connectivity index (χ1) is 28.0. The summed E-state index contributed by atoms with van der Waals surface area (Å²) in [4.78, 5) is 54.2. The summed E-state index contributed by atoms with van der Waals surface area (Å²) in [6.07, 6.45) is -1.36. The van der Waals surface area contributed by atoms with E-state index >= 15 is 0 Å². The number of aromatic nitrogens is 4. The third kappa shape index (κ3) is 8.34. The predicted octanol–water partition coefficient (Wildman–Crippen LogP) is 2.60. The largest absolute Gasteiger partial charge is 0.497 e. The fourth-order valence-corrected chi connectivity index (χ4v) is 7.50. The van der Waals surface area contributed by atoms with Crippen LogP contribution in [0.5, 0.6) is 11.5 Å². The number of aromatic amines is 2. The number of aryl methyl sites for hydroxylation is 2. The molecule has 0 amide bonds. The van der Waals surface area contributed by atoms with Crippen molar-refractivity contribution in [1.29, 1.82) is 0 Å². The van der Waals surface area contributed by atoms with Gasteiger partial charge in [-0.2, -0.15) is 0 Å². The SMILES string of the molecule is COc1ccc(C(OC[C@H]2O[C@@H](n3cc(C)c(=O)[nH]c3=O)C[C@@H]2OCCNC2OC(n3cc(C)c(=O)[nH]c3=O)CC2O)(c2ccccc2)c2ccc(OC)cc2)cc1. The smallest absolute Gasteiger partial charge is 0.330 e. The van der Waals surface area contributed by atoms with Crippen molar-refractivity contribution in [3.05, 3.63) is 161 Å². The van der Waals surface area contributed by atoms with Crippen molar-refractivity contribution in [2.24, 2.45) is 0 Å². The van der Waals surface area contributed by atoms with Crippen LogP contribution in [0.4, 0.5) is 0 Å². The summed E-state index contributed by atoms with van der Waals surface area (Å²) >= 11 is 0. The highest BCUT2D eigenvalue weighted by Gasteiger charge is 2.43. The summed E-state index contributed by atoms with van der Waals surface area (Å²) in [5.74, 6) is 1.36. The third-order valence-electron chi connectivity index (χ3n) is 10.6. The van der Waals surface area contributed by atoms with Crippen LogP contribution in [-0.4, -0.2) is 82.7 Å². The van der Waals surface area contributed by atoms with Gasteiger partial charge in [0.1, 0.15) is 41.9 Å². The Morgan fingerprint density at radius 1 is 0.741 bits per heavy atom. The number of hydrogen-bond donors (Lipinski definition) is 4. The van der Waals surface area contributed by atoms with E-state index in [-0.39, 0.29) is 32.6 Å². The number of hydrogen-bond acceptors (Lipinski definition) is 12. The number of methoxy groups -OCH3 is 2. The van der Waals surface area contributed by atoms with E-state index in [1.807, 2.05) is 78.9 Å². The van der Waals surface area contributed by atoms with E-state index in [1.165, 1.54) is 21.5 Å². The fraction of sp³-hybridized carbons (Fsp3) is 0.381. The van der Waals surface area contributed by atoms with E-state index in [9.17, 15) is 24.3 Å². The first kappa shape index (κ1) is 40.6. The van der Waals surface area contributed by atoms with Crippen molar-refractivity contribution in [2.45, 2.75) is 69.3 Å². The maximum absolute atomic E-state index is 13.0. The van der Waals surface area contributed by atoms with Crippen LogP contribution >= 0.6 is 0 Å². The number of rotatable bonds is 15. The summed E-state index contributed by atoms with van der Waals surface area (Å²) in [6.45, 7) is 3.59. The van der Waals surface area contributed by atoms with Gasteiger partial charge in [0.25, 0.3) is 11.1 Å². The van der Waals surface area contributed by atoms with E-state index in [0.29, 0.717) is 22.6 Å². The summed E-state index contributed by atoms with van der Waals surface area (Å²) in [5, 5.41) is 13.9. The lowest BCUT2D eigenvalue weighted by atomic mass is 9.80. The number of ether oxygens (including phenoxy) is 6. The van der Waals surface area contributed by atoms with Crippen LogP contribution < -0.4 is 37.3 Å². The van der Waals surface area contributed by atoms with Gasteiger partial charge in [-0.05, 0) is 54.8 Å². The van der Waals surface area contributed by atoms with Gasteiger partial charge in [0.15, 0.2) is 0 Å². The van der Waals surface area contributed by atoms with E-state index < -0.39 is 65.1 Å². The van der Waals surface area contributed by atoms with Gasteiger partial charge in [-0.3, -0.25) is 34.0 Å². The molecule has 0 bridgehead atoms. The van der Waals surface area contributed by atoms with Gasteiger partial charge in [0.05, 0.1) is 39.6 Å². The molecule has 5 aromatic rings. The first-order valence-electron chi connectivity index (χ1n) is 19.0. The zero-order chi connectivity index (χ0) is 41.0. The minimum absolute atomic E-state index is 0.0120. The van der Waals surface area contributed by atoms with E-state index in [0.717, 1.165) is 16.7 Å². The lowest BCUT2D eigenvalue weighted by Gasteiger charge is -2.37. The Morgan fingerprint density at radius 2 is 1.26 bits per heavy atom. The quantitative estimate of drug-likeness (QED) is 0.0895. The number of benzene rings is 3. The maximum Gasteiger partial charge on any atom is 0.330 e. The van der Waals surface area contributed by atoms with E-state index in [1.54, 1.807) is 28.1 Å². The second-order valence-electron chi connectivity index (χ2n) is 14.3. The van der Waals surface area contributed by atoms with Crippen LogP contribution in [0, 0.1) is 13.8 Å². The Balaban J connectivity index is 1.14. The second kappa shape index (κ2) is 17.5. The fourth-order valence-electron chi connectivity index (χ4n) is 7.50. The number of aliphatic hydroxyl groups is 1. The average molecular weight is 798 g/mol. The van der Waals surface area contributed by atoms with Crippen molar-refractivity contribution in [3.8, 4) is 11.5 Å². The molecule has 6 atom stereocenters. The second-order valence-corrected chi connectivity index (χ2v) is 14.3. The zero-order valence-electron chi connectivity index (χ0n) is 32.6. The Kier molecular flexibility index (Phi) is 12.2. The highest BCUT2D eigenvalue weighted by Crippen LogP contribution is 2.43. The van der Waals surface area contributed by atoms with Crippen molar-refractivity contribution in [1.82, 2.24) is 24.4 Å². The molecular formula is C42H47N5O11. The standard InChI is InChI=1S/C42H47N5O11/c1-25-22-46(40(51)44-37(25)49)35-20-32(48)39(58-35)43-18-19-55-33-21-36(47-23-26(2)38(50)45-41(47)52)57-34(33)24-56-42(27-8-6-5-7-9-27,28-10-14-30(53-3)15-11-28)29-12-16-31(54-4)17-13-29/h5-17,22-23,32-36,39,43,48H,18-21,24H2,1-4H3,(H,44,49,51)(H,45,50,52)/t32?,33-,34+,35?,36+,39?/m0/s1. The molecule has 3 unspecified atom stereocenters. The molecule has 2 aliphatic heterocycles. The van der Waals surface area contributed by atoms with Crippen LogP contribution in [0.15, 0.2) is 110 Å². The lowest BCUT2D eigenvalue weighted by molar-refractivity contribution is -0.105. The number of nitrogens with zero attached hydrogens (tertiary/aromatic N) is 2. The maximum atomic E-state index is 13.0. The highest BCUT2D eigenvalue weighted by molar-refractivity contribution is 5.49. The number of nitrogens with one attached hydrogen (secondary N) is 3. The minimum atomic E-state index is -1.16. The summed E-state index contributed by atoms with van der Waals surface area (Å²) in [5.41, 5.74) is -0.193. The van der Waals surface area contributed by atoms with Gasteiger partial charge < -0.3 is 33.5 Å². The van der Waals surface area contributed by atoms with E-state index in [2.05, 4.69) is 15.3 Å². The van der Waals surface area contributed by atoms with Crippen LogP contribution in [0.3, 0.4) is 0 Å². The molecule has 2 aromatic heterocycles. The summed E-state index contributed by atoms with van der Waals surface area (Å²) in [7, 11) is 3.21. The molecule has 0 radical (unpaired) electrons. The molecule has 16 heteroatoms. The molecule has 2 saturated heterocycles. The van der Waals surface area contributed by atoms with Crippen LogP contribution in [-0.2, 0) is 24.5 Å². The molecule has 16 nitrogen and oxygen atoms in total. The first-order valence-corrected chi connectivity index (χ1v) is 19.0. The molecule has 2 aliphatic rings. The molecule has 3 aromatic carbocycles. The van der Waals surface area contributed by atoms with E-state index in [4.69, 9.17) is 28.4 Å². The third-order valence-corrected chi connectivity index (χ3v) is 10.6. The highest BCUT2D eigenvalue weighted by atomic mass is 16.6. The van der Waals surface area contributed by atoms with Crippen molar-refractivity contribution in [2.75, 3.05) is 34.0 Å². The molecule has 58 heavy (non-hydrogen) atoms. The molecule has 4 heterocycles. The zero-order valence-corrected chi connectivity index (χ0v) is 32.6. The molecule has 7 rings (SSSR count). The Morgan fingerprint density at radius 3 is 1.79 bits per heavy atom. The molecule has 0 aliphatic carbocycles. The van der Waals surface area contributed by atoms with Crippen LogP contribution in [0.2, 0.25) is 0 Å². The van der Waals surface area contributed by atoms with Crippen LogP contribution in [0.1, 0.15) is 53.1 Å². The van der Waals surface area contributed by atoms with Crippen LogP contribution in [0.25, 0.3) is 0 Å². The Bertz CT molecular complexity index is 2360. The van der Waals surface area contributed by atoms with Crippen molar-refractivity contribution < 1.29 is 33.5 Å². The van der Waals surface area contributed by atoms with Gasteiger partial charge in [-0.1, -0.05) is 54.6 Å². The lowest BCUT2D eigenvalue weighted by Crippen LogP contribution is -2.41. The van der Waals surface area contributed by atoms with Gasteiger partial charge in [-0.25, -0.2) is 9.59 Å². The van der Waals surface area contributed by atoms with Gasteiger partial charge in [0, 0.05) is 42.9 Å². The monoisotopic (exact) mass is 797 g/mol. The molecule has 306 valence electrons. The topological polar surface area (TPSA) is 197 Å². The predicted molar refractivity (Wildman–Crippen MR) is 211 cm³/mol. The number of H-pyrrole nitrogens is 2. The molecule has 4 N–H and O–H groups in total. The van der Waals surface area contributed by atoms with Gasteiger partial charge >= 0.3 is 11.4 Å². The normalized spacial score (nSPS) is 21.9. The van der Waals surface area contributed by atoms with Gasteiger partial charge in [0.2, 0.25) is 0 Å². The molecule has 0 spiro atoms. The Labute approximate surface area is 332 Å². The van der Waals surface area contributed by atoms with Crippen molar-refractivity contribution >= 4 is 0 Å². The number of aliphatic hydroxyl groups excluding tert-OH is 1. The molecule has 0 saturated carbocycles.